The van der Waals surface area contributed by atoms with Gasteiger partial charge >= 0.3 is 0 Å². The maximum Gasteiger partial charge on any atom is 0.251 e. The van der Waals surface area contributed by atoms with Gasteiger partial charge in [0.25, 0.3) is 5.91 Å². The first-order valence-electron chi connectivity index (χ1n) is 11.4. The van der Waals surface area contributed by atoms with E-state index in [2.05, 4.69) is 16.0 Å². The van der Waals surface area contributed by atoms with Crippen molar-refractivity contribution in [2.24, 2.45) is 5.92 Å². The summed E-state index contributed by atoms with van der Waals surface area (Å²) in [7, 11) is 0. The minimum atomic E-state index is -0.933. The zero-order valence-electron chi connectivity index (χ0n) is 19.7. The van der Waals surface area contributed by atoms with Gasteiger partial charge < -0.3 is 30.4 Å². The van der Waals surface area contributed by atoms with Crippen molar-refractivity contribution in [3.63, 3.8) is 0 Å². The maximum absolute atomic E-state index is 12.9. The van der Waals surface area contributed by atoms with Crippen molar-refractivity contribution in [3.05, 3.63) is 29.8 Å². The van der Waals surface area contributed by atoms with Crippen molar-refractivity contribution in [2.75, 3.05) is 11.9 Å². The van der Waals surface area contributed by atoms with Gasteiger partial charge in [0.1, 0.15) is 24.7 Å². The first-order chi connectivity index (χ1) is 16.2. The second-order valence-electron chi connectivity index (χ2n) is 8.76. The average molecular weight is 473 g/mol. The standard InChI is InChI=1S/C24H32N4O6/c1-15(2)13-21(31)26-18-8-6-17(7-9-18)22(32)25-16(3)24(34)28-11-4-5-20(28)23(33)27-19(14-30)10-12-29/h6-9,12,14-16,19-20H,4-5,10-11,13H2,1-3H3,(H,25,32)(H,26,31)(H,27,33)/t16-,19-,20-/m0/s1. The van der Waals surface area contributed by atoms with Gasteiger partial charge in [0.05, 0.1) is 6.04 Å². The molecular formula is C24H32N4O6. The van der Waals surface area contributed by atoms with Crippen LogP contribution in [0.2, 0.25) is 0 Å². The Kier molecular flexibility index (Phi) is 9.91. The molecule has 184 valence electrons. The molecule has 1 aromatic rings. The molecule has 1 aliphatic heterocycles. The zero-order chi connectivity index (χ0) is 25.3. The number of amides is 4. The third-order valence-corrected chi connectivity index (χ3v) is 5.42. The number of hydrogen-bond donors (Lipinski definition) is 3. The van der Waals surface area contributed by atoms with Crippen LogP contribution in [0, 0.1) is 5.92 Å². The fourth-order valence-electron chi connectivity index (χ4n) is 3.71. The van der Waals surface area contributed by atoms with Crippen molar-refractivity contribution in [1.29, 1.82) is 0 Å². The average Bonchev–Trinajstić information content (AvgIpc) is 3.28. The molecule has 10 nitrogen and oxygen atoms in total. The van der Waals surface area contributed by atoms with Crippen LogP contribution in [-0.2, 0) is 24.0 Å². The van der Waals surface area contributed by atoms with Crippen molar-refractivity contribution in [3.8, 4) is 0 Å². The highest BCUT2D eigenvalue weighted by Gasteiger charge is 2.37. The number of rotatable bonds is 11. The van der Waals surface area contributed by atoms with E-state index in [4.69, 9.17) is 0 Å². The molecule has 0 saturated carbocycles. The lowest BCUT2D eigenvalue weighted by Gasteiger charge is -2.27. The summed E-state index contributed by atoms with van der Waals surface area (Å²) in [6.07, 6.45) is 2.31. The molecule has 0 radical (unpaired) electrons. The Bertz CT molecular complexity index is 915. The molecule has 1 saturated heterocycles. The van der Waals surface area contributed by atoms with Crippen molar-refractivity contribution >= 4 is 41.9 Å². The summed E-state index contributed by atoms with van der Waals surface area (Å²) in [6, 6.07) is 3.74. The van der Waals surface area contributed by atoms with Crippen LogP contribution in [0.15, 0.2) is 24.3 Å². The Morgan fingerprint density at radius 2 is 1.74 bits per heavy atom. The molecule has 1 aromatic carbocycles. The number of anilines is 1. The van der Waals surface area contributed by atoms with Crippen LogP contribution in [0.4, 0.5) is 5.69 Å². The van der Waals surface area contributed by atoms with Crippen LogP contribution < -0.4 is 16.0 Å². The highest BCUT2D eigenvalue weighted by Crippen LogP contribution is 2.19. The van der Waals surface area contributed by atoms with Crippen LogP contribution in [0.5, 0.6) is 0 Å². The first kappa shape index (κ1) is 26.7. The molecule has 1 fully saturated rings. The quantitative estimate of drug-likeness (QED) is 0.411. The SMILES string of the molecule is CC(C)CC(=O)Nc1ccc(C(=O)N[C@@H](C)C(=O)N2CCC[C@H]2C(=O)N[C@H](C=O)CC=O)cc1. The Hall–Kier alpha value is -3.56. The van der Waals surface area contributed by atoms with Crippen LogP contribution in [-0.4, -0.2) is 65.8 Å². The van der Waals surface area contributed by atoms with Crippen molar-refractivity contribution in [2.45, 2.75) is 64.6 Å². The molecule has 4 amide bonds. The predicted octanol–water partition coefficient (Wildman–Crippen LogP) is 1.05. The summed E-state index contributed by atoms with van der Waals surface area (Å²) in [6.45, 7) is 5.78. The molecule has 3 atom stereocenters. The third-order valence-electron chi connectivity index (χ3n) is 5.42. The van der Waals surface area contributed by atoms with Crippen molar-refractivity contribution < 1.29 is 28.8 Å². The predicted molar refractivity (Wildman–Crippen MR) is 125 cm³/mol. The maximum atomic E-state index is 12.9. The zero-order valence-corrected chi connectivity index (χ0v) is 19.7. The van der Waals surface area contributed by atoms with Gasteiger partial charge in [-0.3, -0.25) is 19.2 Å². The smallest absolute Gasteiger partial charge is 0.251 e. The van der Waals surface area contributed by atoms with E-state index in [1.54, 1.807) is 24.3 Å². The summed E-state index contributed by atoms with van der Waals surface area (Å²) < 4.78 is 0. The molecule has 0 aromatic heterocycles. The molecule has 1 aliphatic rings. The van der Waals surface area contributed by atoms with Gasteiger partial charge in [0, 0.05) is 30.6 Å². The van der Waals surface area contributed by atoms with E-state index in [0.717, 1.165) is 0 Å². The van der Waals surface area contributed by atoms with E-state index >= 15 is 0 Å². The van der Waals surface area contributed by atoms with Gasteiger partial charge in [-0.05, 0) is 49.9 Å². The summed E-state index contributed by atoms with van der Waals surface area (Å²) in [4.78, 5) is 73.0. The number of aldehydes is 2. The molecule has 1 heterocycles. The summed E-state index contributed by atoms with van der Waals surface area (Å²) in [5, 5.41) is 7.88. The lowest BCUT2D eigenvalue weighted by Crippen LogP contribution is -2.54. The third kappa shape index (κ3) is 7.50. The van der Waals surface area contributed by atoms with Crippen molar-refractivity contribution in [1.82, 2.24) is 15.5 Å². The van der Waals surface area contributed by atoms with E-state index in [9.17, 15) is 28.8 Å². The van der Waals surface area contributed by atoms with Crippen LogP contribution in [0.1, 0.15) is 56.8 Å². The number of nitrogens with one attached hydrogen (secondary N) is 3. The first-order valence-corrected chi connectivity index (χ1v) is 11.4. The Balaban J connectivity index is 1.95. The molecule has 0 spiro atoms. The van der Waals surface area contributed by atoms with Crippen LogP contribution in [0.3, 0.4) is 0 Å². The van der Waals surface area contributed by atoms with Crippen LogP contribution >= 0.6 is 0 Å². The van der Waals surface area contributed by atoms with Gasteiger partial charge in [0.15, 0.2) is 0 Å². The molecule has 0 bridgehead atoms. The Morgan fingerprint density at radius 3 is 2.32 bits per heavy atom. The number of likely N-dealkylation sites (tertiary alicyclic amines) is 1. The highest BCUT2D eigenvalue weighted by molar-refractivity contribution is 5.99. The van der Waals surface area contributed by atoms with Gasteiger partial charge in [0.2, 0.25) is 17.7 Å². The highest BCUT2D eigenvalue weighted by atomic mass is 16.2. The fraction of sp³-hybridized carbons (Fsp3) is 0.500. The second kappa shape index (κ2) is 12.6. The molecule has 0 unspecified atom stereocenters. The minimum Gasteiger partial charge on any atom is -0.344 e. The molecule has 2 rings (SSSR count). The Labute approximate surface area is 198 Å². The Morgan fingerprint density at radius 1 is 1.06 bits per heavy atom. The largest absolute Gasteiger partial charge is 0.344 e. The van der Waals surface area contributed by atoms with E-state index in [-0.39, 0.29) is 18.2 Å². The number of benzene rings is 1. The second-order valence-corrected chi connectivity index (χ2v) is 8.76. The monoisotopic (exact) mass is 472 g/mol. The topological polar surface area (TPSA) is 142 Å². The number of carbonyl (C=O) groups is 6. The van der Waals surface area contributed by atoms with E-state index in [1.807, 2.05) is 13.8 Å². The molecule has 34 heavy (non-hydrogen) atoms. The van der Waals surface area contributed by atoms with E-state index in [0.29, 0.717) is 49.6 Å². The van der Waals surface area contributed by atoms with E-state index in [1.165, 1.54) is 11.8 Å². The summed E-state index contributed by atoms with van der Waals surface area (Å²) in [5.74, 6) is -1.26. The molecular weight excluding hydrogens is 440 g/mol. The van der Waals surface area contributed by atoms with Gasteiger partial charge in [-0.25, -0.2) is 0 Å². The number of hydrogen-bond acceptors (Lipinski definition) is 6. The lowest BCUT2D eigenvalue weighted by atomic mass is 10.1. The summed E-state index contributed by atoms with van der Waals surface area (Å²) >= 11 is 0. The number of carbonyl (C=O) groups excluding carboxylic acids is 6. The van der Waals surface area contributed by atoms with Gasteiger partial charge in [-0.2, -0.15) is 0 Å². The van der Waals surface area contributed by atoms with Gasteiger partial charge in [-0.1, -0.05) is 13.8 Å². The lowest BCUT2D eigenvalue weighted by molar-refractivity contribution is -0.140. The number of nitrogens with zero attached hydrogens (tertiary/aromatic N) is 1. The van der Waals surface area contributed by atoms with Gasteiger partial charge in [-0.15, -0.1) is 0 Å². The molecule has 3 N–H and O–H groups in total. The molecule has 10 heteroatoms. The minimum absolute atomic E-state index is 0.110. The molecule has 0 aliphatic carbocycles. The summed E-state index contributed by atoms with van der Waals surface area (Å²) in [5.41, 5.74) is 0.889. The normalized spacial score (nSPS) is 16.9. The van der Waals surface area contributed by atoms with Crippen LogP contribution in [0.25, 0.3) is 0 Å². The van der Waals surface area contributed by atoms with E-state index < -0.39 is 35.8 Å². The fourth-order valence-corrected chi connectivity index (χ4v) is 3.71.